The smallest absolute Gasteiger partial charge is 0.221 e. The topological polar surface area (TPSA) is 62.4 Å². The SMILES string of the molecule is C=CCNOC(=C1CC1)C(CCCCNC(=O)CC(NC)C(C)(C)C)CC1CC1. The molecule has 2 rings (SSSR count). The van der Waals surface area contributed by atoms with Gasteiger partial charge in [0.2, 0.25) is 5.91 Å². The molecule has 0 heterocycles. The van der Waals surface area contributed by atoms with Gasteiger partial charge in [-0.1, -0.05) is 46.1 Å². The molecule has 0 aliphatic heterocycles. The fraction of sp³-hybridized carbons (Fsp3) is 0.792. The monoisotopic (exact) mass is 405 g/mol. The summed E-state index contributed by atoms with van der Waals surface area (Å²) in [5.41, 5.74) is 4.61. The standard InChI is InChI=1S/C24H43N3O2/c1-6-14-27-29-23(19-12-13-19)20(16-18-10-11-18)9-7-8-15-26-22(28)17-21(25-5)24(2,3)4/h6,18,20-21,25,27H,1,7-17H2,2-5H3,(H,26,28). The van der Waals surface area contributed by atoms with Crippen LogP contribution < -0.4 is 16.1 Å². The lowest BCUT2D eigenvalue weighted by Gasteiger charge is -2.29. The highest BCUT2D eigenvalue weighted by Crippen LogP contribution is 2.43. The normalized spacial score (nSPS) is 18.1. The molecule has 0 aromatic heterocycles. The minimum absolute atomic E-state index is 0.0778. The third kappa shape index (κ3) is 9.35. The van der Waals surface area contributed by atoms with Crippen molar-refractivity contribution in [3.8, 4) is 0 Å². The molecule has 5 heteroatoms. The maximum Gasteiger partial charge on any atom is 0.221 e. The van der Waals surface area contributed by atoms with Gasteiger partial charge in [-0.25, -0.2) is 0 Å². The molecule has 29 heavy (non-hydrogen) atoms. The second-order valence-corrected chi connectivity index (χ2v) is 9.84. The van der Waals surface area contributed by atoms with Crippen LogP contribution in [0.15, 0.2) is 24.0 Å². The summed E-state index contributed by atoms with van der Waals surface area (Å²) in [6.07, 6.45) is 12.0. The summed E-state index contributed by atoms with van der Waals surface area (Å²) >= 11 is 0. The van der Waals surface area contributed by atoms with Gasteiger partial charge in [0.25, 0.3) is 0 Å². The zero-order valence-corrected chi connectivity index (χ0v) is 19.1. The average Bonchev–Trinajstić information content (AvgIpc) is 3.56. The van der Waals surface area contributed by atoms with Crippen molar-refractivity contribution in [2.75, 3.05) is 20.1 Å². The van der Waals surface area contributed by atoms with Gasteiger partial charge < -0.3 is 15.5 Å². The minimum atomic E-state index is 0.0778. The number of carbonyl (C=O) groups is 1. The number of rotatable bonds is 15. The molecule has 0 saturated heterocycles. The van der Waals surface area contributed by atoms with E-state index >= 15 is 0 Å². The van der Waals surface area contributed by atoms with E-state index in [0.29, 0.717) is 18.9 Å². The van der Waals surface area contributed by atoms with E-state index in [1.165, 1.54) is 43.4 Å². The Kier molecular flexibility index (Phi) is 9.70. The fourth-order valence-electron chi connectivity index (χ4n) is 3.89. The van der Waals surface area contributed by atoms with Crippen molar-refractivity contribution in [3.63, 3.8) is 0 Å². The first-order valence-electron chi connectivity index (χ1n) is 11.5. The van der Waals surface area contributed by atoms with E-state index < -0.39 is 0 Å². The van der Waals surface area contributed by atoms with Crippen molar-refractivity contribution in [1.29, 1.82) is 0 Å². The van der Waals surface area contributed by atoms with E-state index in [4.69, 9.17) is 4.84 Å². The number of allylic oxidation sites excluding steroid dienone is 2. The zero-order chi connectivity index (χ0) is 21.3. The lowest BCUT2D eigenvalue weighted by Crippen LogP contribution is -2.42. The van der Waals surface area contributed by atoms with Crippen LogP contribution in [0.2, 0.25) is 0 Å². The Hall–Kier alpha value is -1.33. The second-order valence-electron chi connectivity index (χ2n) is 9.84. The van der Waals surface area contributed by atoms with Crippen LogP contribution in [-0.2, 0) is 9.63 Å². The molecule has 3 N–H and O–H groups in total. The predicted molar refractivity (Wildman–Crippen MR) is 120 cm³/mol. The Bertz CT molecular complexity index is 555. The first kappa shape index (κ1) is 23.9. The van der Waals surface area contributed by atoms with Gasteiger partial charge in [0.05, 0.1) is 0 Å². The molecule has 2 aliphatic rings. The lowest BCUT2D eigenvalue weighted by molar-refractivity contribution is -0.122. The van der Waals surface area contributed by atoms with Crippen molar-refractivity contribution in [1.82, 2.24) is 16.1 Å². The fourth-order valence-corrected chi connectivity index (χ4v) is 3.89. The molecule has 166 valence electrons. The number of hydroxylamine groups is 1. The van der Waals surface area contributed by atoms with Crippen LogP contribution in [0.3, 0.4) is 0 Å². The van der Waals surface area contributed by atoms with Crippen molar-refractivity contribution in [3.05, 3.63) is 24.0 Å². The Balaban J connectivity index is 1.72. The molecule has 1 amide bonds. The lowest BCUT2D eigenvalue weighted by atomic mass is 9.84. The van der Waals surface area contributed by atoms with E-state index in [0.717, 1.165) is 31.7 Å². The quantitative estimate of drug-likeness (QED) is 0.163. The molecule has 0 radical (unpaired) electrons. The Morgan fingerprint density at radius 2 is 2.00 bits per heavy atom. The first-order valence-corrected chi connectivity index (χ1v) is 11.5. The van der Waals surface area contributed by atoms with Crippen LogP contribution in [0.5, 0.6) is 0 Å². The van der Waals surface area contributed by atoms with Gasteiger partial charge in [-0.2, -0.15) is 5.48 Å². The molecule has 0 aromatic rings. The summed E-state index contributed by atoms with van der Waals surface area (Å²) in [5, 5.41) is 6.38. The molecule has 2 unspecified atom stereocenters. The number of hydrogen-bond donors (Lipinski definition) is 3. The highest BCUT2D eigenvalue weighted by atomic mass is 16.6. The molecular formula is C24H43N3O2. The Morgan fingerprint density at radius 1 is 1.28 bits per heavy atom. The van der Waals surface area contributed by atoms with Gasteiger partial charge in [0.15, 0.2) is 0 Å². The van der Waals surface area contributed by atoms with Gasteiger partial charge in [-0.3, -0.25) is 4.79 Å². The van der Waals surface area contributed by atoms with E-state index in [1.54, 1.807) is 0 Å². The van der Waals surface area contributed by atoms with Crippen LogP contribution in [-0.4, -0.2) is 32.1 Å². The molecule has 2 atom stereocenters. The van der Waals surface area contributed by atoms with E-state index in [2.05, 4.69) is 43.5 Å². The number of hydrogen-bond acceptors (Lipinski definition) is 4. The summed E-state index contributed by atoms with van der Waals surface area (Å²) < 4.78 is 0. The van der Waals surface area contributed by atoms with Crippen LogP contribution in [0.4, 0.5) is 0 Å². The van der Waals surface area contributed by atoms with Crippen molar-refractivity contribution >= 4 is 5.91 Å². The van der Waals surface area contributed by atoms with E-state index in [9.17, 15) is 4.79 Å². The van der Waals surface area contributed by atoms with Gasteiger partial charge >= 0.3 is 0 Å². The van der Waals surface area contributed by atoms with Crippen LogP contribution in [0, 0.1) is 17.3 Å². The minimum Gasteiger partial charge on any atom is -0.413 e. The number of nitrogens with one attached hydrogen (secondary N) is 3. The summed E-state index contributed by atoms with van der Waals surface area (Å²) in [5.74, 6) is 2.74. The number of carbonyl (C=O) groups excluding carboxylic acids is 1. The van der Waals surface area contributed by atoms with E-state index in [-0.39, 0.29) is 17.4 Å². The van der Waals surface area contributed by atoms with Crippen molar-refractivity contribution in [2.45, 2.75) is 84.6 Å². The Morgan fingerprint density at radius 3 is 2.55 bits per heavy atom. The molecule has 5 nitrogen and oxygen atoms in total. The second kappa shape index (κ2) is 11.8. The number of amides is 1. The largest absolute Gasteiger partial charge is 0.413 e. The molecule has 2 aliphatic carbocycles. The molecule has 2 fully saturated rings. The highest BCUT2D eigenvalue weighted by Gasteiger charge is 2.32. The summed E-state index contributed by atoms with van der Waals surface area (Å²) in [6.45, 7) is 11.7. The molecule has 2 saturated carbocycles. The molecule has 0 bridgehead atoms. The van der Waals surface area contributed by atoms with Crippen molar-refractivity contribution < 1.29 is 9.63 Å². The zero-order valence-electron chi connectivity index (χ0n) is 19.1. The Labute approximate surface area is 178 Å². The summed E-state index contributed by atoms with van der Waals surface area (Å²) in [6, 6.07) is 0.193. The summed E-state index contributed by atoms with van der Waals surface area (Å²) in [4.78, 5) is 18.2. The number of unbranched alkanes of at least 4 members (excludes halogenated alkanes) is 1. The first-order chi connectivity index (χ1) is 13.8. The van der Waals surface area contributed by atoms with Crippen LogP contribution in [0.25, 0.3) is 0 Å². The third-order valence-electron chi connectivity index (χ3n) is 6.03. The average molecular weight is 406 g/mol. The molecule has 0 aromatic carbocycles. The van der Waals surface area contributed by atoms with Gasteiger partial charge in [0, 0.05) is 31.5 Å². The van der Waals surface area contributed by atoms with Gasteiger partial charge in [0.1, 0.15) is 5.76 Å². The molecular weight excluding hydrogens is 362 g/mol. The van der Waals surface area contributed by atoms with Crippen LogP contribution >= 0.6 is 0 Å². The van der Waals surface area contributed by atoms with Gasteiger partial charge in [-0.15, -0.1) is 6.58 Å². The van der Waals surface area contributed by atoms with E-state index in [1.807, 2.05) is 13.1 Å². The third-order valence-corrected chi connectivity index (χ3v) is 6.03. The highest BCUT2D eigenvalue weighted by molar-refractivity contribution is 5.76. The van der Waals surface area contributed by atoms with Crippen LogP contribution in [0.1, 0.15) is 78.6 Å². The predicted octanol–water partition coefficient (Wildman–Crippen LogP) is 4.47. The van der Waals surface area contributed by atoms with Crippen molar-refractivity contribution in [2.24, 2.45) is 17.3 Å². The maximum absolute atomic E-state index is 12.3. The maximum atomic E-state index is 12.3. The van der Waals surface area contributed by atoms with Gasteiger partial charge in [-0.05, 0) is 56.1 Å². The summed E-state index contributed by atoms with van der Waals surface area (Å²) in [7, 11) is 1.93. The molecule has 0 spiro atoms.